The molecule has 0 aliphatic rings. The van der Waals surface area contributed by atoms with Crippen molar-refractivity contribution in [2.75, 3.05) is 6.54 Å². The first-order valence-electron chi connectivity index (χ1n) is 6.81. The first-order chi connectivity index (χ1) is 10.1. The SMILES string of the molecule is CC(CN)Cc1ccc(Oc2ccc(C(N)=O)cn2)cc1. The minimum absolute atomic E-state index is 0.355. The number of aromatic nitrogens is 1. The molecule has 1 unspecified atom stereocenters. The van der Waals surface area contributed by atoms with Gasteiger partial charge in [-0.2, -0.15) is 0 Å². The number of benzene rings is 1. The molecule has 2 aromatic rings. The molecule has 4 N–H and O–H groups in total. The number of nitrogens with zero attached hydrogens (tertiary/aromatic N) is 1. The summed E-state index contributed by atoms with van der Waals surface area (Å²) in [6.45, 7) is 2.79. The minimum Gasteiger partial charge on any atom is -0.439 e. The van der Waals surface area contributed by atoms with E-state index in [9.17, 15) is 4.79 Å². The average Bonchev–Trinajstić information content (AvgIpc) is 2.49. The number of pyridine rings is 1. The predicted molar refractivity (Wildman–Crippen MR) is 81.2 cm³/mol. The first-order valence-corrected chi connectivity index (χ1v) is 6.81. The van der Waals surface area contributed by atoms with Crippen molar-refractivity contribution in [2.45, 2.75) is 13.3 Å². The summed E-state index contributed by atoms with van der Waals surface area (Å²) < 4.78 is 5.61. The lowest BCUT2D eigenvalue weighted by atomic mass is 10.0. The second-order valence-corrected chi connectivity index (χ2v) is 5.04. The van der Waals surface area contributed by atoms with Gasteiger partial charge in [-0.1, -0.05) is 19.1 Å². The highest BCUT2D eigenvalue weighted by Crippen LogP contribution is 2.20. The number of ether oxygens (including phenoxy) is 1. The maximum Gasteiger partial charge on any atom is 0.250 e. The van der Waals surface area contributed by atoms with Gasteiger partial charge in [0.05, 0.1) is 5.56 Å². The maximum absolute atomic E-state index is 11.0. The number of carbonyl (C=O) groups is 1. The van der Waals surface area contributed by atoms with Crippen LogP contribution in [0.2, 0.25) is 0 Å². The van der Waals surface area contributed by atoms with Crippen LogP contribution in [0, 0.1) is 5.92 Å². The van der Waals surface area contributed by atoms with Crippen LogP contribution >= 0.6 is 0 Å². The van der Waals surface area contributed by atoms with E-state index in [2.05, 4.69) is 11.9 Å². The zero-order chi connectivity index (χ0) is 15.2. The number of carbonyl (C=O) groups excluding carboxylic acids is 1. The van der Waals surface area contributed by atoms with Crippen LogP contribution in [-0.4, -0.2) is 17.4 Å². The van der Waals surface area contributed by atoms with Gasteiger partial charge >= 0.3 is 0 Å². The Kier molecular flexibility index (Phi) is 4.90. The maximum atomic E-state index is 11.0. The Balaban J connectivity index is 2.01. The highest BCUT2D eigenvalue weighted by atomic mass is 16.5. The second-order valence-electron chi connectivity index (χ2n) is 5.04. The number of rotatable bonds is 6. The molecule has 0 spiro atoms. The van der Waals surface area contributed by atoms with E-state index >= 15 is 0 Å². The third kappa shape index (κ3) is 4.29. The van der Waals surface area contributed by atoms with Crippen LogP contribution in [0.5, 0.6) is 11.6 Å². The number of amides is 1. The molecule has 0 saturated carbocycles. The lowest BCUT2D eigenvalue weighted by Gasteiger charge is -2.09. The molecule has 21 heavy (non-hydrogen) atoms. The summed E-state index contributed by atoms with van der Waals surface area (Å²) in [7, 11) is 0. The summed E-state index contributed by atoms with van der Waals surface area (Å²) in [5.74, 6) is 1.06. The smallest absolute Gasteiger partial charge is 0.250 e. The topological polar surface area (TPSA) is 91.2 Å². The Hall–Kier alpha value is -2.40. The first kappa shape index (κ1) is 15.0. The van der Waals surface area contributed by atoms with Crippen molar-refractivity contribution in [1.82, 2.24) is 4.98 Å². The van der Waals surface area contributed by atoms with E-state index in [-0.39, 0.29) is 0 Å². The molecular formula is C16H19N3O2. The van der Waals surface area contributed by atoms with E-state index in [1.54, 1.807) is 12.1 Å². The lowest BCUT2D eigenvalue weighted by molar-refractivity contribution is 0.1000. The largest absolute Gasteiger partial charge is 0.439 e. The Morgan fingerprint density at radius 2 is 1.95 bits per heavy atom. The van der Waals surface area contributed by atoms with Gasteiger partial charge in [-0.05, 0) is 42.6 Å². The molecule has 1 amide bonds. The van der Waals surface area contributed by atoms with Gasteiger partial charge in [0.15, 0.2) is 0 Å². The van der Waals surface area contributed by atoms with Gasteiger partial charge in [-0.15, -0.1) is 0 Å². The van der Waals surface area contributed by atoms with Crippen molar-refractivity contribution in [3.05, 3.63) is 53.7 Å². The zero-order valence-corrected chi connectivity index (χ0v) is 12.0. The summed E-state index contributed by atoms with van der Waals surface area (Å²) in [6.07, 6.45) is 2.34. The van der Waals surface area contributed by atoms with Gasteiger partial charge < -0.3 is 16.2 Å². The fraction of sp³-hybridized carbons (Fsp3) is 0.250. The van der Waals surface area contributed by atoms with Gasteiger partial charge in [0.25, 0.3) is 0 Å². The normalized spacial score (nSPS) is 11.9. The van der Waals surface area contributed by atoms with Gasteiger partial charge in [0.2, 0.25) is 11.8 Å². The van der Waals surface area contributed by atoms with Crippen molar-refractivity contribution in [2.24, 2.45) is 17.4 Å². The molecule has 110 valence electrons. The standard InChI is InChI=1S/C16H19N3O2/c1-11(9-17)8-12-2-5-14(6-3-12)21-15-7-4-13(10-19-15)16(18)20/h2-7,10-11H,8-9,17H2,1H3,(H2,18,20). The third-order valence-corrected chi connectivity index (χ3v) is 3.15. The van der Waals surface area contributed by atoms with Crippen LogP contribution in [0.3, 0.4) is 0 Å². The predicted octanol–water partition coefficient (Wildman–Crippen LogP) is 2.11. The summed E-state index contributed by atoms with van der Waals surface area (Å²) >= 11 is 0. The van der Waals surface area contributed by atoms with Crippen LogP contribution in [0.4, 0.5) is 0 Å². The molecule has 5 nitrogen and oxygen atoms in total. The quantitative estimate of drug-likeness (QED) is 0.850. The molecule has 0 aliphatic heterocycles. The number of hydrogen-bond donors (Lipinski definition) is 2. The zero-order valence-electron chi connectivity index (χ0n) is 12.0. The van der Waals surface area contributed by atoms with Crippen LogP contribution in [0.25, 0.3) is 0 Å². The van der Waals surface area contributed by atoms with Crippen molar-refractivity contribution in [3.8, 4) is 11.6 Å². The highest BCUT2D eigenvalue weighted by Gasteiger charge is 2.04. The van der Waals surface area contributed by atoms with E-state index in [4.69, 9.17) is 16.2 Å². The summed E-state index contributed by atoms with van der Waals surface area (Å²) in [5.41, 5.74) is 12.3. The third-order valence-electron chi connectivity index (χ3n) is 3.15. The summed E-state index contributed by atoms with van der Waals surface area (Å²) in [6, 6.07) is 11.0. The van der Waals surface area contributed by atoms with E-state index < -0.39 is 5.91 Å². The molecule has 1 aromatic heterocycles. The van der Waals surface area contributed by atoms with Crippen molar-refractivity contribution in [1.29, 1.82) is 0 Å². The van der Waals surface area contributed by atoms with Crippen LogP contribution in [0.15, 0.2) is 42.6 Å². The fourth-order valence-corrected chi connectivity index (χ4v) is 1.89. The number of hydrogen-bond acceptors (Lipinski definition) is 4. The summed E-state index contributed by atoms with van der Waals surface area (Å²) in [4.78, 5) is 15.0. The van der Waals surface area contributed by atoms with E-state index in [0.29, 0.717) is 29.7 Å². The van der Waals surface area contributed by atoms with E-state index in [0.717, 1.165) is 6.42 Å². The van der Waals surface area contributed by atoms with Crippen molar-refractivity contribution < 1.29 is 9.53 Å². The minimum atomic E-state index is -0.507. The van der Waals surface area contributed by atoms with E-state index in [1.807, 2.05) is 24.3 Å². The fourth-order valence-electron chi connectivity index (χ4n) is 1.89. The Labute approximate surface area is 123 Å². The monoisotopic (exact) mass is 285 g/mol. The Morgan fingerprint density at radius 1 is 1.24 bits per heavy atom. The molecule has 1 aromatic carbocycles. The Morgan fingerprint density at radius 3 is 2.48 bits per heavy atom. The van der Waals surface area contributed by atoms with Crippen molar-refractivity contribution in [3.63, 3.8) is 0 Å². The molecule has 0 radical (unpaired) electrons. The number of nitrogens with two attached hydrogens (primary N) is 2. The molecule has 0 bridgehead atoms. The van der Waals surface area contributed by atoms with Gasteiger partial charge in [0, 0.05) is 12.3 Å². The highest BCUT2D eigenvalue weighted by molar-refractivity contribution is 5.92. The molecule has 0 aliphatic carbocycles. The Bertz CT molecular complexity index is 594. The molecular weight excluding hydrogens is 266 g/mol. The molecule has 2 rings (SSSR count). The van der Waals surface area contributed by atoms with Crippen molar-refractivity contribution >= 4 is 5.91 Å². The van der Waals surface area contributed by atoms with Gasteiger partial charge in [0.1, 0.15) is 5.75 Å². The van der Waals surface area contributed by atoms with Crippen LogP contribution < -0.4 is 16.2 Å². The molecule has 0 fully saturated rings. The van der Waals surface area contributed by atoms with Gasteiger partial charge in [-0.3, -0.25) is 4.79 Å². The van der Waals surface area contributed by atoms with Crippen LogP contribution in [-0.2, 0) is 6.42 Å². The molecule has 1 atom stereocenters. The summed E-state index contributed by atoms with van der Waals surface area (Å²) in [5, 5.41) is 0. The molecule has 1 heterocycles. The van der Waals surface area contributed by atoms with Crippen LogP contribution in [0.1, 0.15) is 22.8 Å². The average molecular weight is 285 g/mol. The van der Waals surface area contributed by atoms with E-state index in [1.165, 1.54) is 11.8 Å². The number of primary amides is 1. The lowest BCUT2D eigenvalue weighted by Crippen LogP contribution is -2.12. The second kappa shape index (κ2) is 6.85. The molecule has 0 saturated heterocycles. The van der Waals surface area contributed by atoms with Gasteiger partial charge in [-0.25, -0.2) is 4.98 Å². The molecule has 5 heteroatoms.